The molecule has 0 saturated heterocycles. The normalized spacial score (nSPS) is 10.5. The first-order valence-electron chi connectivity index (χ1n) is 5.03. The van der Waals surface area contributed by atoms with Gasteiger partial charge in [-0.15, -0.1) is 11.3 Å². The fourth-order valence-electron chi connectivity index (χ4n) is 1.34. The molecule has 0 amide bonds. The highest BCUT2D eigenvalue weighted by Crippen LogP contribution is 2.36. The van der Waals surface area contributed by atoms with Crippen molar-refractivity contribution < 1.29 is 9.53 Å². The van der Waals surface area contributed by atoms with Gasteiger partial charge in [-0.2, -0.15) is 0 Å². The molecule has 0 unspecified atom stereocenters. The van der Waals surface area contributed by atoms with Crippen molar-refractivity contribution in [2.75, 3.05) is 6.61 Å². The first kappa shape index (κ1) is 15.5. The lowest BCUT2D eigenvalue weighted by molar-refractivity contribution is 0.0924. The van der Waals surface area contributed by atoms with Gasteiger partial charge in [-0.05, 0) is 56.1 Å². The molecule has 0 atom stereocenters. The minimum atomic E-state index is -0.0985. The number of rotatable bonds is 4. The Hall–Kier alpha value is 0.120. The maximum atomic E-state index is 11.9. The lowest BCUT2D eigenvalue weighted by Gasteiger charge is -2.09. The number of ketones is 1. The van der Waals surface area contributed by atoms with Crippen LogP contribution in [0.25, 0.3) is 0 Å². The van der Waals surface area contributed by atoms with Gasteiger partial charge >= 0.3 is 0 Å². The van der Waals surface area contributed by atoms with Crippen molar-refractivity contribution in [2.24, 2.45) is 0 Å². The summed E-state index contributed by atoms with van der Waals surface area (Å²) in [4.78, 5) is 12.5. The van der Waals surface area contributed by atoms with Crippen LogP contribution in [0, 0.1) is 0 Å². The van der Waals surface area contributed by atoms with Crippen molar-refractivity contribution in [3.63, 3.8) is 0 Å². The molecule has 1 aromatic carbocycles. The SMILES string of the molecule is O=C(COc1c(Br)cc(Br)cc1Br)c1ccc(Cl)s1. The number of Topliss-reactive ketones (excluding diaryl/α,β-unsaturated/α-hetero) is 1. The monoisotopic (exact) mass is 486 g/mol. The van der Waals surface area contributed by atoms with Gasteiger partial charge in [0.25, 0.3) is 0 Å². The first-order chi connectivity index (χ1) is 8.97. The van der Waals surface area contributed by atoms with E-state index < -0.39 is 0 Å². The zero-order valence-electron chi connectivity index (χ0n) is 9.25. The van der Waals surface area contributed by atoms with E-state index in [9.17, 15) is 4.79 Å². The van der Waals surface area contributed by atoms with Crippen LogP contribution in [0.3, 0.4) is 0 Å². The van der Waals surface area contributed by atoms with Gasteiger partial charge < -0.3 is 4.74 Å². The van der Waals surface area contributed by atoms with Crippen molar-refractivity contribution in [2.45, 2.75) is 0 Å². The maximum absolute atomic E-state index is 11.9. The summed E-state index contributed by atoms with van der Waals surface area (Å²) in [5.41, 5.74) is 0. The lowest BCUT2D eigenvalue weighted by atomic mass is 10.3. The highest BCUT2D eigenvalue weighted by molar-refractivity contribution is 9.11. The zero-order chi connectivity index (χ0) is 14.0. The fourth-order valence-corrected chi connectivity index (χ4v) is 4.79. The summed E-state index contributed by atoms with van der Waals surface area (Å²) in [6.45, 7) is -0.0321. The molecule has 19 heavy (non-hydrogen) atoms. The molecule has 2 rings (SSSR count). The highest BCUT2D eigenvalue weighted by Gasteiger charge is 2.13. The number of carbonyl (C=O) groups excluding carboxylic acids is 1. The van der Waals surface area contributed by atoms with Crippen LogP contribution in [0.2, 0.25) is 4.34 Å². The van der Waals surface area contributed by atoms with Gasteiger partial charge in [0.05, 0.1) is 18.2 Å². The Morgan fingerprint density at radius 3 is 2.37 bits per heavy atom. The van der Waals surface area contributed by atoms with Crippen LogP contribution in [0.1, 0.15) is 9.67 Å². The Bertz CT molecular complexity index is 604. The molecule has 0 aliphatic heterocycles. The average molecular weight is 489 g/mol. The second-order valence-electron chi connectivity index (χ2n) is 3.51. The Morgan fingerprint density at radius 1 is 1.21 bits per heavy atom. The zero-order valence-corrected chi connectivity index (χ0v) is 15.6. The quantitative estimate of drug-likeness (QED) is 0.497. The van der Waals surface area contributed by atoms with Crippen LogP contribution in [0.5, 0.6) is 5.75 Å². The molecule has 2 aromatic rings. The third-order valence-corrected chi connectivity index (χ3v) is 5.07. The van der Waals surface area contributed by atoms with E-state index in [-0.39, 0.29) is 12.4 Å². The largest absolute Gasteiger partial charge is 0.483 e. The molecular formula is C12H6Br3ClO2S. The predicted molar refractivity (Wildman–Crippen MR) is 88.7 cm³/mol. The minimum absolute atomic E-state index is 0.0321. The Morgan fingerprint density at radius 2 is 1.84 bits per heavy atom. The third-order valence-electron chi connectivity index (χ3n) is 2.16. The average Bonchev–Trinajstić information content (AvgIpc) is 2.74. The molecule has 1 aromatic heterocycles. The van der Waals surface area contributed by atoms with Gasteiger partial charge in [0.1, 0.15) is 5.75 Å². The van der Waals surface area contributed by atoms with E-state index in [1.165, 1.54) is 11.3 Å². The summed E-state index contributed by atoms with van der Waals surface area (Å²) in [5.74, 6) is 0.498. The van der Waals surface area contributed by atoms with E-state index in [1.807, 2.05) is 12.1 Å². The van der Waals surface area contributed by atoms with Gasteiger partial charge in [0, 0.05) is 4.47 Å². The lowest BCUT2D eigenvalue weighted by Crippen LogP contribution is -2.10. The van der Waals surface area contributed by atoms with Crippen molar-refractivity contribution in [1.82, 2.24) is 0 Å². The van der Waals surface area contributed by atoms with Crippen LogP contribution >= 0.6 is 70.7 Å². The molecular weight excluding hydrogens is 483 g/mol. The fraction of sp³-hybridized carbons (Fsp3) is 0.0833. The minimum Gasteiger partial charge on any atom is -0.483 e. The summed E-state index contributed by atoms with van der Waals surface area (Å²) < 4.78 is 8.59. The first-order valence-corrected chi connectivity index (χ1v) is 8.60. The van der Waals surface area contributed by atoms with Gasteiger partial charge in [-0.1, -0.05) is 27.5 Å². The summed E-state index contributed by atoms with van der Waals surface area (Å²) in [7, 11) is 0. The molecule has 0 fully saturated rings. The molecule has 0 aliphatic rings. The second kappa shape index (κ2) is 6.72. The van der Waals surface area contributed by atoms with E-state index in [4.69, 9.17) is 16.3 Å². The third kappa shape index (κ3) is 4.04. The second-order valence-corrected chi connectivity index (χ2v) is 7.85. The standard InChI is InChI=1S/C12H6Br3ClO2S/c13-6-3-7(14)12(8(15)4-6)18-5-9(17)10-1-2-11(16)19-10/h1-4H,5H2. The molecule has 0 spiro atoms. The van der Waals surface area contributed by atoms with Crippen LogP contribution in [0.15, 0.2) is 37.7 Å². The molecule has 0 saturated carbocycles. The summed E-state index contributed by atoms with van der Waals surface area (Å²) in [5, 5.41) is 0. The van der Waals surface area contributed by atoms with Crippen molar-refractivity contribution in [3.05, 3.63) is 46.9 Å². The van der Waals surface area contributed by atoms with E-state index in [0.717, 1.165) is 13.4 Å². The molecule has 0 N–H and O–H groups in total. The summed E-state index contributed by atoms with van der Waals surface area (Å²) in [6, 6.07) is 7.11. The summed E-state index contributed by atoms with van der Waals surface area (Å²) in [6.07, 6.45) is 0. The van der Waals surface area contributed by atoms with Crippen LogP contribution in [-0.4, -0.2) is 12.4 Å². The molecule has 0 radical (unpaired) electrons. The van der Waals surface area contributed by atoms with E-state index >= 15 is 0 Å². The number of hydrogen-bond acceptors (Lipinski definition) is 3. The molecule has 1 heterocycles. The Balaban J connectivity index is 2.09. The summed E-state index contributed by atoms with van der Waals surface area (Å²) >= 11 is 17.2. The van der Waals surface area contributed by atoms with Gasteiger partial charge in [0.2, 0.25) is 5.78 Å². The van der Waals surface area contributed by atoms with Crippen LogP contribution < -0.4 is 4.74 Å². The molecule has 0 aliphatic carbocycles. The number of carbonyl (C=O) groups is 1. The van der Waals surface area contributed by atoms with Gasteiger partial charge in [-0.25, -0.2) is 0 Å². The smallest absolute Gasteiger partial charge is 0.210 e. The number of halogens is 4. The van der Waals surface area contributed by atoms with Crippen LogP contribution in [0.4, 0.5) is 0 Å². The molecule has 2 nitrogen and oxygen atoms in total. The number of benzene rings is 1. The van der Waals surface area contributed by atoms with E-state index in [2.05, 4.69) is 47.8 Å². The predicted octanol–water partition coefficient (Wildman–Crippen LogP) is 5.95. The van der Waals surface area contributed by atoms with Gasteiger partial charge in [0.15, 0.2) is 6.61 Å². The van der Waals surface area contributed by atoms with Crippen molar-refractivity contribution in [1.29, 1.82) is 0 Å². The topological polar surface area (TPSA) is 26.3 Å². The Kier molecular flexibility index (Phi) is 5.48. The van der Waals surface area contributed by atoms with Crippen molar-refractivity contribution >= 4 is 76.5 Å². The van der Waals surface area contributed by atoms with Gasteiger partial charge in [-0.3, -0.25) is 4.79 Å². The molecule has 0 bridgehead atoms. The Labute approximate surface area is 144 Å². The highest BCUT2D eigenvalue weighted by atomic mass is 79.9. The number of thiophene rings is 1. The number of hydrogen-bond donors (Lipinski definition) is 0. The van der Waals surface area contributed by atoms with Crippen LogP contribution in [-0.2, 0) is 0 Å². The molecule has 7 heteroatoms. The van der Waals surface area contributed by atoms with E-state index in [0.29, 0.717) is 15.0 Å². The van der Waals surface area contributed by atoms with E-state index in [1.54, 1.807) is 12.1 Å². The number of ether oxygens (including phenoxy) is 1. The maximum Gasteiger partial charge on any atom is 0.210 e. The molecule has 100 valence electrons. The van der Waals surface area contributed by atoms with Crippen molar-refractivity contribution in [3.8, 4) is 5.75 Å².